The second kappa shape index (κ2) is 15.9. The summed E-state index contributed by atoms with van der Waals surface area (Å²) in [5.74, 6) is 1.67. The van der Waals surface area contributed by atoms with E-state index < -0.39 is 0 Å². The molecule has 0 amide bonds. The van der Waals surface area contributed by atoms with Crippen LogP contribution in [0.15, 0.2) is 47.5 Å². The molecule has 0 saturated heterocycles. The summed E-state index contributed by atoms with van der Waals surface area (Å²) in [4.78, 5) is 6.98. The van der Waals surface area contributed by atoms with E-state index in [0.29, 0.717) is 26.4 Å². The average Bonchev–Trinajstić information content (AvgIpc) is 2.74. The van der Waals surface area contributed by atoms with Crippen molar-refractivity contribution in [2.75, 3.05) is 40.5 Å². The third-order valence-electron chi connectivity index (χ3n) is 4.72. The summed E-state index contributed by atoms with van der Waals surface area (Å²) in [5.41, 5.74) is 4.82. The molecule has 0 aromatic heterocycles. The number of aliphatic imine (C=N–C) groups is 1. The first kappa shape index (κ1) is 28.2. The Morgan fingerprint density at radius 1 is 0.969 bits per heavy atom. The minimum absolute atomic E-state index is 0. The molecule has 2 N–H and O–H groups in total. The molecule has 0 fully saturated rings. The van der Waals surface area contributed by atoms with Gasteiger partial charge in [0.25, 0.3) is 0 Å². The van der Waals surface area contributed by atoms with E-state index in [1.165, 1.54) is 16.7 Å². The number of ether oxygens (including phenoxy) is 2. The standard InChI is InChI=1S/C25H38N4O2.HI/c1-6-26-25(27-17-21-10-8-9-11-23(21)19-29(4)5)28-18-22-13-12-20(3)16-24(22)31-15-14-30-7-2;/h8-13,16H,6-7,14-15,17-19H2,1-5H3,(H2,26,27,28);1H. The summed E-state index contributed by atoms with van der Waals surface area (Å²) in [5, 5.41) is 6.81. The normalized spacial score (nSPS) is 11.2. The van der Waals surface area contributed by atoms with Crippen LogP contribution in [0.2, 0.25) is 0 Å². The van der Waals surface area contributed by atoms with Crippen molar-refractivity contribution in [2.24, 2.45) is 4.99 Å². The number of nitrogens with one attached hydrogen (secondary N) is 2. The van der Waals surface area contributed by atoms with E-state index >= 15 is 0 Å². The molecular formula is C25H39IN4O2. The van der Waals surface area contributed by atoms with E-state index in [-0.39, 0.29) is 24.0 Å². The van der Waals surface area contributed by atoms with Crippen LogP contribution in [0.4, 0.5) is 0 Å². The quantitative estimate of drug-likeness (QED) is 0.177. The first-order valence-corrected chi connectivity index (χ1v) is 11.1. The maximum atomic E-state index is 5.95. The lowest BCUT2D eigenvalue weighted by Gasteiger charge is -2.17. The van der Waals surface area contributed by atoms with E-state index in [1.54, 1.807) is 0 Å². The highest BCUT2D eigenvalue weighted by atomic mass is 127. The molecule has 0 aliphatic heterocycles. The van der Waals surface area contributed by atoms with Crippen molar-refractivity contribution in [3.63, 3.8) is 0 Å². The zero-order chi connectivity index (χ0) is 22.5. The van der Waals surface area contributed by atoms with Gasteiger partial charge in [0.15, 0.2) is 5.96 Å². The Hall–Kier alpha value is -1.84. The minimum Gasteiger partial charge on any atom is -0.491 e. The van der Waals surface area contributed by atoms with Crippen molar-refractivity contribution >= 4 is 29.9 Å². The van der Waals surface area contributed by atoms with Crippen molar-refractivity contribution in [3.8, 4) is 5.75 Å². The van der Waals surface area contributed by atoms with Gasteiger partial charge in [-0.05, 0) is 57.6 Å². The molecular weight excluding hydrogens is 515 g/mol. The third kappa shape index (κ3) is 10.2. The Bertz CT molecular complexity index is 827. The van der Waals surface area contributed by atoms with Crippen LogP contribution in [0.25, 0.3) is 0 Å². The highest BCUT2D eigenvalue weighted by Crippen LogP contribution is 2.21. The van der Waals surface area contributed by atoms with Crippen LogP contribution in [0.3, 0.4) is 0 Å². The molecule has 6 nitrogen and oxygen atoms in total. The number of rotatable bonds is 12. The summed E-state index contributed by atoms with van der Waals surface area (Å²) >= 11 is 0. The van der Waals surface area contributed by atoms with Crippen molar-refractivity contribution in [1.29, 1.82) is 0 Å². The van der Waals surface area contributed by atoms with Gasteiger partial charge in [-0.3, -0.25) is 0 Å². The monoisotopic (exact) mass is 554 g/mol. The lowest BCUT2D eigenvalue weighted by Crippen LogP contribution is -2.37. The van der Waals surface area contributed by atoms with Gasteiger partial charge < -0.3 is 25.0 Å². The lowest BCUT2D eigenvalue weighted by molar-refractivity contribution is 0.110. The number of halogens is 1. The Balaban J connectivity index is 0.00000512. The predicted molar refractivity (Wildman–Crippen MR) is 144 cm³/mol. The third-order valence-corrected chi connectivity index (χ3v) is 4.72. The molecule has 0 atom stereocenters. The topological polar surface area (TPSA) is 58.1 Å². The molecule has 7 heteroatoms. The predicted octanol–water partition coefficient (Wildman–Crippen LogP) is 4.35. The Kier molecular flexibility index (Phi) is 14.0. The van der Waals surface area contributed by atoms with Crippen LogP contribution in [0.1, 0.15) is 36.1 Å². The fourth-order valence-electron chi connectivity index (χ4n) is 3.19. The largest absolute Gasteiger partial charge is 0.491 e. The molecule has 0 bridgehead atoms. The molecule has 0 radical (unpaired) electrons. The van der Waals surface area contributed by atoms with Gasteiger partial charge >= 0.3 is 0 Å². The van der Waals surface area contributed by atoms with Gasteiger partial charge in [0.05, 0.1) is 13.2 Å². The van der Waals surface area contributed by atoms with Gasteiger partial charge in [0, 0.05) is 31.8 Å². The zero-order valence-electron chi connectivity index (χ0n) is 20.1. The van der Waals surface area contributed by atoms with Gasteiger partial charge in [-0.2, -0.15) is 0 Å². The average molecular weight is 555 g/mol. The zero-order valence-corrected chi connectivity index (χ0v) is 22.4. The maximum Gasteiger partial charge on any atom is 0.191 e. The van der Waals surface area contributed by atoms with Gasteiger partial charge in [-0.1, -0.05) is 36.4 Å². The molecule has 0 unspecified atom stereocenters. The van der Waals surface area contributed by atoms with Crippen LogP contribution in [-0.2, 0) is 24.4 Å². The summed E-state index contributed by atoms with van der Waals surface area (Å²) in [6.07, 6.45) is 0. The molecule has 0 spiro atoms. The molecule has 2 aromatic carbocycles. The Morgan fingerprint density at radius 2 is 1.72 bits per heavy atom. The highest BCUT2D eigenvalue weighted by molar-refractivity contribution is 14.0. The molecule has 0 aliphatic rings. The summed E-state index contributed by atoms with van der Waals surface area (Å²) in [6, 6.07) is 14.8. The van der Waals surface area contributed by atoms with Gasteiger partial charge in [-0.15, -0.1) is 24.0 Å². The molecule has 2 rings (SSSR count). The number of nitrogens with zero attached hydrogens (tertiary/aromatic N) is 2. The summed E-state index contributed by atoms with van der Waals surface area (Å²) < 4.78 is 11.3. The first-order valence-electron chi connectivity index (χ1n) is 11.1. The molecule has 2 aromatic rings. The van der Waals surface area contributed by atoms with E-state index in [0.717, 1.165) is 36.9 Å². The Labute approximate surface area is 210 Å². The van der Waals surface area contributed by atoms with Crippen molar-refractivity contribution in [3.05, 3.63) is 64.7 Å². The van der Waals surface area contributed by atoms with Crippen molar-refractivity contribution in [1.82, 2.24) is 15.5 Å². The van der Waals surface area contributed by atoms with Crippen LogP contribution in [0, 0.1) is 6.92 Å². The minimum atomic E-state index is 0. The molecule has 178 valence electrons. The van der Waals surface area contributed by atoms with Crippen LogP contribution < -0.4 is 15.4 Å². The number of aryl methyl sites for hydroxylation is 1. The number of hydrogen-bond donors (Lipinski definition) is 2. The smallest absolute Gasteiger partial charge is 0.191 e. The van der Waals surface area contributed by atoms with Crippen molar-refractivity contribution < 1.29 is 9.47 Å². The number of benzene rings is 2. The highest BCUT2D eigenvalue weighted by Gasteiger charge is 2.07. The molecule has 0 aliphatic carbocycles. The fraction of sp³-hybridized carbons (Fsp3) is 0.480. The maximum absolute atomic E-state index is 5.95. The van der Waals surface area contributed by atoms with Crippen LogP contribution >= 0.6 is 24.0 Å². The Morgan fingerprint density at radius 3 is 2.41 bits per heavy atom. The summed E-state index contributed by atoms with van der Waals surface area (Å²) in [7, 11) is 4.18. The van der Waals surface area contributed by atoms with Gasteiger partial charge in [0.2, 0.25) is 0 Å². The SMILES string of the molecule is CCNC(=NCc1ccc(C)cc1OCCOCC)NCc1ccccc1CN(C)C.I. The van der Waals surface area contributed by atoms with E-state index in [4.69, 9.17) is 14.5 Å². The molecule has 0 heterocycles. The second-order valence-corrected chi connectivity index (χ2v) is 7.71. The molecule has 32 heavy (non-hydrogen) atoms. The number of guanidine groups is 1. The first-order chi connectivity index (χ1) is 15.0. The second-order valence-electron chi connectivity index (χ2n) is 7.71. The van der Waals surface area contributed by atoms with E-state index in [9.17, 15) is 0 Å². The van der Waals surface area contributed by atoms with Crippen LogP contribution in [-0.4, -0.2) is 51.3 Å². The van der Waals surface area contributed by atoms with Gasteiger partial charge in [-0.25, -0.2) is 4.99 Å². The number of hydrogen-bond acceptors (Lipinski definition) is 4. The lowest BCUT2D eigenvalue weighted by atomic mass is 10.1. The van der Waals surface area contributed by atoms with Gasteiger partial charge in [0.1, 0.15) is 12.4 Å². The van der Waals surface area contributed by atoms with E-state index in [1.807, 2.05) is 6.92 Å². The molecule has 0 saturated carbocycles. The van der Waals surface area contributed by atoms with Crippen molar-refractivity contribution in [2.45, 2.75) is 40.4 Å². The van der Waals surface area contributed by atoms with Crippen LogP contribution in [0.5, 0.6) is 5.75 Å². The fourth-order valence-corrected chi connectivity index (χ4v) is 3.19. The van der Waals surface area contributed by atoms with E-state index in [2.05, 4.69) is 85.9 Å². The summed E-state index contributed by atoms with van der Waals surface area (Å²) in [6.45, 7) is 10.9.